The number of hydrogen-bond donors (Lipinski definition) is 1. The summed E-state index contributed by atoms with van der Waals surface area (Å²) >= 11 is 0. The van der Waals surface area contributed by atoms with E-state index in [-0.39, 0.29) is 17.8 Å². The van der Waals surface area contributed by atoms with E-state index in [0.717, 1.165) is 0 Å². The first-order chi connectivity index (χ1) is 11.8. The highest BCUT2D eigenvalue weighted by Crippen LogP contribution is 2.27. The molecule has 1 N–H and O–H groups in total. The molecule has 0 saturated carbocycles. The van der Waals surface area contributed by atoms with Crippen LogP contribution >= 0.6 is 0 Å². The monoisotopic (exact) mass is 349 g/mol. The number of halogens is 3. The normalized spacial score (nSPS) is 16.2. The van der Waals surface area contributed by atoms with Crippen LogP contribution in [0.25, 0.3) is 0 Å². The number of fused-ring (bicyclic) bond motifs is 1. The van der Waals surface area contributed by atoms with Gasteiger partial charge in [0.15, 0.2) is 11.9 Å². The summed E-state index contributed by atoms with van der Waals surface area (Å²) in [4.78, 5) is 23.9. The van der Waals surface area contributed by atoms with E-state index in [1.807, 2.05) is 0 Å². The molecule has 3 rings (SSSR count). The van der Waals surface area contributed by atoms with Crippen LogP contribution in [0.3, 0.4) is 0 Å². The van der Waals surface area contributed by atoms with Gasteiger partial charge < -0.3 is 10.1 Å². The zero-order valence-electron chi connectivity index (χ0n) is 13.2. The zero-order valence-corrected chi connectivity index (χ0v) is 13.2. The van der Waals surface area contributed by atoms with Gasteiger partial charge in [0.05, 0.1) is 0 Å². The zero-order chi connectivity index (χ0) is 18.1. The lowest BCUT2D eigenvalue weighted by molar-refractivity contribution is -0.125. The van der Waals surface area contributed by atoms with Crippen LogP contribution in [0.4, 0.5) is 13.2 Å². The van der Waals surface area contributed by atoms with E-state index in [2.05, 4.69) is 5.32 Å². The molecule has 130 valence electrons. The van der Waals surface area contributed by atoms with Gasteiger partial charge >= 0.3 is 0 Å². The maximum Gasteiger partial charge on any atom is 0.251 e. The van der Waals surface area contributed by atoms with E-state index in [1.165, 1.54) is 12.1 Å². The number of carbonyl (C=O) groups is 2. The van der Waals surface area contributed by atoms with Gasteiger partial charge in [-0.05, 0) is 25.1 Å². The van der Waals surface area contributed by atoms with Gasteiger partial charge in [0.25, 0.3) is 5.91 Å². The molecule has 1 heterocycles. The Morgan fingerprint density at radius 1 is 1.20 bits per heavy atom. The predicted molar refractivity (Wildman–Crippen MR) is 82.7 cm³/mol. The van der Waals surface area contributed by atoms with Crippen molar-refractivity contribution in [3.05, 3.63) is 64.5 Å². The van der Waals surface area contributed by atoms with Crippen molar-refractivity contribution < 1.29 is 27.5 Å². The van der Waals surface area contributed by atoms with Gasteiger partial charge in [0, 0.05) is 41.8 Å². The molecule has 1 aliphatic rings. The summed E-state index contributed by atoms with van der Waals surface area (Å²) in [6.07, 6.45) is -0.379. The first-order valence-electron chi connectivity index (χ1n) is 7.59. The number of benzene rings is 2. The molecule has 7 heteroatoms. The maximum atomic E-state index is 13.6. The average molecular weight is 349 g/mol. The van der Waals surface area contributed by atoms with Gasteiger partial charge in [-0.25, -0.2) is 13.2 Å². The maximum absolute atomic E-state index is 13.6. The van der Waals surface area contributed by atoms with Crippen LogP contribution < -0.4 is 10.1 Å². The third-order valence-corrected chi connectivity index (χ3v) is 3.98. The lowest BCUT2D eigenvalue weighted by Crippen LogP contribution is -2.30. The van der Waals surface area contributed by atoms with Crippen molar-refractivity contribution >= 4 is 11.7 Å². The first kappa shape index (κ1) is 17.0. The van der Waals surface area contributed by atoms with Gasteiger partial charge in [-0.15, -0.1) is 0 Å². The Hall–Kier alpha value is -2.83. The average Bonchev–Trinajstić information content (AvgIpc) is 2.54. The topological polar surface area (TPSA) is 55.4 Å². The number of amides is 1. The third kappa shape index (κ3) is 3.50. The van der Waals surface area contributed by atoms with Gasteiger partial charge in [-0.1, -0.05) is 0 Å². The Labute approximate surface area is 141 Å². The molecule has 0 spiro atoms. The second-order valence-corrected chi connectivity index (χ2v) is 5.76. The highest BCUT2D eigenvalue weighted by Gasteiger charge is 2.24. The molecule has 4 nitrogen and oxygen atoms in total. The van der Waals surface area contributed by atoms with Crippen molar-refractivity contribution in [2.75, 3.05) is 0 Å². The van der Waals surface area contributed by atoms with Crippen LogP contribution in [0, 0.1) is 17.5 Å². The number of hydrogen-bond acceptors (Lipinski definition) is 3. The van der Waals surface area contributed by atoms with Crippen molar-refractivity contribution in [1.29, 1.82) is 0 Å². The molecule has 0 radical (unpaired) electrons. The summed E-state index contributed by atoms with van der Waals surface area (Å²) in [6.45, 7) is 1.22. The Morgan fingerprint density at radius 3 is 2.56 bits per heavy atom. The van der Waals surface area contributed by atoms with E-state index in [9.17, 15) is 22.8 Å². The molecule has 1 atom stereocenters. The summed E-state index contributed by atoms with van der Waals surface area (Å²) < 4.78 is 45.5. The number of ketones is 1. The molecule has 2 aromatic rings. The smallest absolute Gasteiger partial charge is 0.251 e. The molecule has 0 bridgehead atoms. The van der Waals surface area contributed by atoms with Gasteiger partial charge in [-0.2, -0.15) is 0 Å². The van der Waals surface area contributed by atoms with E-state index >= 15 is 0 Å². The van der Waals surface area contributed by atoms with Crippen LogP contribution in [0.2, 0.25) is 0 Å². The molecular formula is C18H14F3NO3. The van der Waals surface area contributed by atoms with E-state index in [0.29, 0.717) is 23.4 Å². The number of carbonyl (C=O) groups excluding carboxylic acids is 2. The van der Waals surface area contributed by atoms with E-state index in [1.54, 1.807) is 13.0 Å². The van der Waals surface area contributed by atoms with Crippen molar-refractivity contribution in [2.45, 2.75) is 26.0 Å². The van der Waals surface area contributed by atoms with Crippen LogP contribution in [0.1, 0.15) is 28.4 Å². The molecule has 0 fully saturated rings. The summed E-state index contributed by atoms with van der Waals surface area (Å²) in [5.74, 6) is -3.32. The summed E-state index contributed by atoms with van der Waals surface area (Å²) in [6, 6.07) is 5.67. The second-order valence-electron chi connectivity index (χ2n) is 5.76. The minimum Gasteiger partial charge on any atom is -0.483 e. The predicted octanol–water partition coefficient (Wildman–Crippen LogP) is 2.93. The minimum atomic E-state index is -1.07. The standard InChI is InChI=1S/C18H14F3NO3/c1-9-16(23)5-11-4-10(2-3-17(11)25-9)18(24)22-8-13-14(20)6-12(19)7-15(13)21/h2-4,6-7,9H,5,8H2,1H3,(H,22,24). The van der Waals surface area contributed by atoms with Crippen LogP contribution in [-0.4, -0.2) is 17.8 Å². The molecule has 0 saturated heterocycles. The SMILES string of the molecule is CC1Oc2ccc(C(=O)NCc3c(F)cc(F)cc3F)cc2CC1=O. The fourth-order valence-electron chi connectivity index (χ4n) is 2.57. The highest BCUT2D eigenvalue weighted by molar-refractivity contribution is 5.95. The molecule has 1 unspecified atom stereocenters. The lowest BCUT2D eigenvalue weighted by Gasteiger charge is -2.22. The molecule has 0 aromatic heterocycles. The number of rotatable bonds is 3. The van der Waals surface area contributed by atoms with Crippen molar-refractivity contribution in [2.24, 2.45) is 0 Å². The van der Waals surface area contributed by atoms with Crippen molar-refractivity contribution in [3.63, 3.8) is 0 Å². The molecular weight excluding hydrogens is 335 g/mol. The Kier molecular flexibility index (Phi) is 4.48. The third-order valence-electron chi connectivity index (χ3n) is 3.98. The molecule has 2 aromatic carbocycles. The van der Waals surface area contributed by atoms with Gasteiger partial charge in [0.2, 0.25) is 0 Å². The highest BCUT2D eigenvalue weighted by atomic mass is 19.1. The summed E-state index contributed by atoms with van der Waals surface area (Å²) in [7, 11) is 0. The summed E-state index contributed by atoms with van der Waals surface area (Å²) in [5.41, 5.74) is 0.377. The van der Waals surface area contributed by atoms with Crippen LogP contribution in [-0.2, 0) is 17.8 Å². The fourth-order valence-corrected chi connectivity index (χ4v) is 2.57. The molecule has 1 aliphatic heterocycles. The largest absolute Gasteiger partial charge is 0.483 e. The number of ether oxygens (including phenoxy) is 1. The fraction of sp³-hybridized carbons (Fsp3) is 0.222. The summed E-state index contributed by atoms with van der Waals surface area (Å²) in [5, 5.41) is 2.38. The Bertz CT molecular complexity index is 844. The van der Waals surface area contributed by atoms with Crippen molar-refractivity contribution in [3.8, 4) is 5.75 Å². The second kappa shape index (κ2) is 6.58. The van der Waals surface area contributed by atoms with Crippen LogP contribution in [0.15, 0.2) is 30.3 Å². The lowest BCUT2D eigenvalue weighted by atomic mass is 9.99. The molecule has 0 aliphatic carbocycles. The van der Waals surface area contributed by atoms with E-state index < -0.39 is 41.6 Å². The first-order valence-corrected chi connectivity index (χ1v) is 7.59. The van der Waals surface area contributed by atoms with Gasteiger partial charge in [-0.3, -0.25) is 9.59 Å². The van der Waals surface area contributed by atoms with Gasteiger partial charge in [0.1, 0.15) is 23.2 Å². The van der Waals surface area contributed by atoms with E-state index in [4.69, 9.17) is 4.74 Å². The Balaban J connectivity index is 1.75. The van der Waals surface area contributed by atoms with Crippen molar-refractivity contribution in [1.82, 2.24) is 5.32 Å². The van der Waals surface area contributed by atoms with Crippen LogP contribution in [0.5, 0.6) is 5.75 Å². The minimum absolute atomic E-state index is 0.0967. The number of Topliss-reactive ketones (excluding diaryl/α,β-unsaturated/α-hetero) is 1. The quantitative estimate of drug-likeness (QED) is 0.927. The Morgan fingerprint density at radius 2 is 1.88 bits per heavy atom. The molecule has 1 amide bonds. The molecule has 25 heavy (non-hydrogen) atoms. The number of nitrogens with one attached hydrogen (secondary N) is 1.